The van der Waals surface area contributed by atoms with Crippen molar-refractivity contribution < 1.29 is 0 Å². The molecule has 0 radical (unpaired) electrons. The lowest BCUT2D eigenvalue weighted by Crippen LogP contribution is -2.26. The van der Waals surface area contributed by atoms with E-state index in [1.807, 2.05) is 11.3 Å². The molecule has 1 aliphatic rings. The topological polar surface area (TPSA) is 24.4 Å². The number of nitrogens with one attached hydrogen (secondary N) is 1. The van der Waals surface area contributed by atoms with E-state index in [2.05, 4.69) is 27.8 Å². The quantitative estimate of drug-likeness (QED) is 0.871. The molecule has 2 heterocycles. The Morgan fingerprint density at radius 1 is 1.57 bits per heavy atom. The minimum Gasteiger partial charge on any atom is -0.365 e. The van der Waals surface area contributed by atoms with E-state index >= 15 is 0 Å². The van der Waals surface area contributed by atoms with Crippen molar-refractivity contribution in [2.75, 3.05) is 13.1 Å². The molecule has 1 N–H and O–H groups in total. The van der Waals surface area contributed by atoms with Gasteiger partial charge in [0, 0.05) is 23.7 Å². The standard InChI is InChI=1S/C9H12N2S2.ClH/c1-3-8(12-6-1)7-13-9-10-4-2-5-11-9;/h1,3,6H,2,4-5,7H2,(H,10,11);1H. The van der Waals surface area contributed by atoms with Crippen LogP contribution in [0.5, 0.6) is 0 Å². The highest BCUT2D eigenvalue weighted by molar-refractivity contribution is 8.13. The van der Waals surface area contributed by atoms with Crippen molar-refractivity contribution in [3.05, 3.63) is 22.4 Å². The summed E-state index contributed by atoms with van der Waals surface area (Å²) >= 11 is 3.61. The zero-order valence-corrected chi connectivity index (χ0v) is 10.2. The van der Waals surface area contributed by atoms with Crippen LogP contribution in [0.25, 0.3) is 0 Å². The zero-order valence-electron chi connectivity index (χ0n) is 7.73. The zero-order chi connectivity index (χ0) is 8.93. The predicted octanol–water partition coefficient (Wildman–Crippen LogP) is 2.75. The third-order valence-electron chi connectivity index (χ3n) is 1.80. The smallest absolute Gasteiger partial charge is 0.156 e. The van der Waals surface area contributed by atoms with E-state index in [4.69, 9.17) is 0 Å². The summed E-state index contributed by atoms with van der Waals surface area (Å²) in [7, 11) is 0. The molecule has 0 atom stereocenters. The SMILES string of the molecule is Cl.c1csc(CSC2=NCCCN2)c1. The van der Waals surface area contributed by atoms with Crippen molar-refractivity contribution in [2.45, 2.75) is 12.2 Å². The van der Waals surface area contributed by atoms with Gasteiger partial charge in [-0.25, -0.2) is 0 Å². The summed E-state index contributed by atoms with van der Waals surface area (Å²) in [5.41, 5.74) is 0. The summed E-state index contributed by atoms with van der Waals surface area (Å²) in [6, 6.07) is 4.26. The first-order valence-corrected chi connectivity index (χ1v) is 6.25. The number of rotatable bonds is 2. The molecule has 0 bridgehead atoms. The fourth-order valence-electron chi connectivity index (χ4n) is 1.14. The summed E-state index contributed by atoms with van der Waals surface area (Å²) in [5, 5.41) is 6.53. The molecule has 0 spiro atoms. The predicted molar refractivity (Wildman–Crippen MR) is 67.8 cm³/mol. The van der Waals surface area contributed by atoms with Gasteiger partial charge in [-0.2, -0.15) is 0 Å². The summed E-state index contributed by atoms with van der Waals surface area (Å²) in [6.07, 6.45) is 1.17. The minimum atomic E-state index is 0. The maximum absolute atomic E-state index is 4.40. The first-order valence-electron chi connectivity index (χ1n) is 4.38. The van der Waals surface area contributed by atoms with Crippen molar-refractivity contribution in [3.8, 4) is 0 Å². The van der Waals surface area contributed by atoms with Crippen molar-refractivity contribution in [3.63, 3.8) is 0 Å². The molecule has 14 heavy (non-hydrogen) atoms. The molecule has 78 valence electrons. The van der Waals surface area contributed by atoms with Crippen LogP contribution in [0.3, 0.4) is 0 Å². The second-order valence-corrected chi connectivity index (χ2v) is 4.83. The Bertz CT molecular complexity index is 285. The molecule has 1 aromatic rings. The molecule has 0 amide bonds. The summed E-state index contributed by atoms with van der Waals surface area (Å²) in [5.74, 6) is 1.05. The average Bonchev–Trinajstić information content (AvgIpc) is 2.69. The van der Waals surface area contributed by atoms with Crippen LogP contribution in [0.15, 0.2) is 22.5 Å². The number of halogens is 1. The van der Waals surface area contributed by atoms with E-state index in [0.29, 0.717) is 0 Å². The monoisotopic (exact) mass is 248 g/mol. The van der Waals surface area contributed by atoms with E-state index in [0.717, 1.165) is 24.0 Å². The molecule has 0 unspecified atom stereocenters. The Hall–Kier alpha value is -0.190. The Morgan fingerprint density at radius 2 is 2.50 bits per heavy atom. The van der Waals surface area contributed by atoms with Gasteiger partial charge >= 0.3 is 0 Å². The summed E-state index contributed by atoms with van der Waals surface area (Å²) < 4.78 is 0. The normalized spacial score (nSPS) is 15.3. The molecule has 0 aliphatic carbocycles. The van der Waals surface area contributed by atoms with Crippen LogP contribution < -0.4 is 5.32 Å². The second kappa shape index (κ2) is 6.32. The highest BCUT2D eigenvalue weighted by atomic mass is 35.5. The van der Waals surface area contributed by atoms with Gasteiger partial charge in [-0.15, -0.1) is 23.7 Å². The largest absolute Gasteiger partial charge is 0.365 e. The van der Waals surface area contributed by atoms with Gasteiger partial charge < -0.3 is 5.32 Å². The van der Waals surface area contributed by atoms with Gasteiger partial charge in [-0.05, 0) is 17.9 Å². The number of amidine groups is 1. The molecule has 2 nitrogen and oxygen atoms in total. The molecule has 0 aromatic carbocycles. The highest BCUT2D eigenvalue weighted by Gasteiger charge is 2.04. The number of thiophene rings is 1. The lowest BCUT2D eigenvalue weighted by molar-refractivity contribution is 0.751. The first kappa shape index (κ1) is 11.9. The number of thioether (sulfide) groups is 1. The van der Waals surface area contributed by atoms with Gasteiger partial charge in [0.2, 0.25) is 0 Å². The van der Waals surface area contributed by atoms with Crippen LogP contribution in [0.2, 0.25) is 0 Å². The van der Waals surface area contributed by atoms with Crippen LogP contribution in [0.1, 0.15) is 11.3 Å². The van der Waals surface area contributed by atoms with Crippen LogP contribution in [-0.2, 0) is 5.75 Å². The Labute approximate surface area is 98.6 Å². The molecular weight excluding hydrogens is 236 g/mol. The Kier molecular flexibility index (Phi) is 5.37. The van der Waals surface area contributed by atoms with Crippen LogP contribution >= 0.6 is 35.5 Å². The van der Waals surface area contributed by atoms with Crippen molar-refractivity contribution in [1.29, 1.82) is 0 Å². The van der Waals surface area contributed by atoms with E-state index in [-0.39, 0.29) is 12.4 Å². The maximum Gasteiger partial charge on any atom is 0.156 e. The van der Waals surface area contributed by atoms with Crippen LogP contribution in [0.4, 0.5) is 0 Å². The van der Waals surface area contributed by atoms with E-state index in [1.54, 1.807) is 11.8 Å². The third kappa shape index (κ3) is 3.52. The molecular formula is C9H13ClN2S2. The minimum absolute atomic E-state index is 0. The Balaban J connectivity index is 0.000000980. The van der Waals surface area contributed by atoms with Crippen molar-refractivity contribution >= 4 is 40.7 Å². The van der Waals surface area contributed by atoms with Gasteiger partial charge in [0.05, 0.1) is 0 Å². The first-order chi connectivity index (χ1) is 6.45. The second-order valence-electron chi connectivity index (χ2n) is 2.84. The molecule has 0 saturated carbocycles. The third-order valence-corrected chi connectivity index (χ3v) is 3.86. The van der Waals surface area contributed by atoms with Gasteiger partial charge in [0.25, 0.3) is 0 Å². The fourth-order valence-corrected chi connectivity index (χ4v) is 2.84. The molecule has 0 fully saturated rings. The summed E-state index contributed by atoms with van der Waals surface area (Å²) in [6.45, 7) is 2.07. The van der Waals surface area contributed by atoms with E-state index in [9.17, 15) is 0 Å². The number of aliphatic imine (C=N–C) groups is 1. The van der Waals surface area contributed by atoms with Gasteiger partial charge in [0.15, 0.2) is 5.17 Å². The lowest BCUT2D eigenvalue weighted by Gasteiger charge is -2.12. The van der Waals surface area contributed by atoms with Gasteiger partial charge in [-0.3, -0.25) is 4.99 Å². The Morgan fingerprint density at radius 3 is 3.14 bits per heavy atom. The maximum atomic E-state index is 4.40. The molecule has 1 aliphatic heterocycles. The lowest BCUT2D eigenvalue weighted by atomic mass is 10.4. The average molecular weight is 249 g/mol. The van der Waals surface area contributed by atoms with Crippen molar-refractivity contribution in [2.24, 2.45) is 4.99 Å². The molecule has 1 aromatic heterocycles. The van der Waals surface area contributed by atoms with Crippen molar-refractivity contribution in [1.82, 2.24) is 5.32 Å². The molecule has 0 saturated heterocycles. The van der Waals surface area contributed by atoms with E-state index < -0.39 is 0 Å². The van der Waals surface area contributed by atoms with Crippen LogP contribution in [-0.4, -0.2) is 18.3 Å². The molecule has 5 heteroatoms. The number of hydrogen-bond acceptors (Lipinski definition) is 4. The van der Waals surface area contributed by atoms with Gasteiger partial charge in [0.1, 0.15) is 0 Å². The fraction of sp³-hybridized carbons (Fsp3) is 0.444. The van der Waals surface area contributed by atoms with E-state index in [1.165, 1.54) is 11.3 Å². The summed E-state index contributed by atoms with van der Waals surface area (Å²) in [4.78, 5) is 5.82. The van der Waals surface area contributed by atoms with Crippen LogP contribution in [0, 0.1) is 0 Å². The number of nitrogens with zero attached hydrogens (tertiary/aromatic N) is 1. The van der Waals surface area contributed by atoms with Gasteiger partial charge in [-0.1, -0.05) is 17.8 Å². The number of hydrogen-bond donors (Lipinski definition) is 1. The highest BCUT2D eigenvalue weighted by Crippen LogP contribution is 2.18. The molecule has 2 rings (SSSR count).